The summed E-state index contributed by atoms with van der Waals surface area (Å²) >= 11 is 0. The minimum atomic E-state index is -5.48. The van der Waals surface area contributed by atoms with Crippen LogP contribution in [0.4, 0.5) is 0 Å². The zero-order valence-corrected chi connectivity index (χ0v) is 15.8. The summed E-state index contributed by atoms with van der Waals surface area (Å²) in [5.41, 5.74) is 0.475. The third kappa shape index (κ3) is 4.23. The molecule has 9 nitrogen and oxygen atoms in total. The molecule has 1 aliphatic heterocycles. The Kier molecular flexibility index (Phi) is 6.08. The van der Waals surface area contributed by atoms with Gasteiger partial charge in [0.15, 0.2) is 9.84 Å². The van der Waals surface area contributed by atoms with E-state index in [4.69, 9.17) is 0 Å². The molecule has 0 bridgehead atoms. The highest BCUT2D eigenvalue weighted by molar-refractivity contribution is 8.07. The number of carbonyl (C=O) groups excluding carboxylic acids is 1. The van der Waals surface area contributed by atoms with Crippen LogP contribution in [0.1, 0.15) is 18.4 Å². The van der Waals surface area contributed by atoms with Crippen LogP contribution in [-0.4, -0.2) is 61.6 Å². The number of aliphatic hydroxyl groups is 1. The minimum Gasteiger partial charge on any atom is -0.359 e. The molecule has 26 heavy (non-hydrogen) atoms. The number of hydrogen-bond acceptors (Lipinski definition) is 7. The molecule has 1 aliphatic rings. The predicted octanol–water partition coefficient (Wildman–Crippen LogP) is -0.956. The molecular weight excluding hydrogens is 384 g/mol. The smallest absolute Gasteiger partial charge is 0.313 e. The standard InChI is InChI=1S/C15H22N2O7S2/c1-25(20,21)15(19,26(22,23)24)13(10-11-6-3-2-4-7-11)17-14(18)12-8-5-9-16-12/h2-4,6-7,12-13,16,19H,5,8-10H2,1H3,(H,17,18)(H,22,23,24)/t12-,13?,15?/m0/s1. The van der Waals surface area contributed by atoms with Crippen LogP contribution in [0.25, 0.3) is 0 Å². The Morgan fingerprint density at radius 3 is 2.38 bits per heavy atom. The summed E-state index contributed by atoms with van der Waals surface area (Å²) < 4.78 is 53.6. The third-order valence-corrected chi connectivity index (χ3v) is 8.23. The van der Waals surface area contributed by atoms with Crippen LogP contribution in [0, 0.1) is 0 Å². The number of sulfone groups is 1. The molecule has 0 radical (unpaired) electrons. The minimum absolute atomic E-state index is 0.317. The van der Waals surface area contributed by atoms with Crippen molar-refractivity contribution in [2.24, 2.45) is 0 Å². The Balaban J connectivity index is 2.45. The van der Waals surface area contributed by atoms with Crippen LogP contribution in [0.3, 0.4) is 0 Å². The fraction of sp³-hybridized carbons (Fsp3) is 0.533. The second-order valence-corrected chi connectivity index (χ2v) is 10.3. The lowest BCUT2D eigenvalue weighted by atomic mass is 10.1. The van der Waals surface area contributed by atoms with Gasteiger partial charge in [0.25, 0.3) is 0 Å². The predicted molar refractivity (Wildman–Crippen MR) is 94.4 cm³/mol. The average molecular weight is 406 g/mol. The van der Waals surface area contributed by atoms with Crippen LogP contribution < -0.4 is 10.6 Å². The summed E-state index contributed by atoms with van der Waals surface area (Å²) in [6.45, 7) is 0.593. The lowest BCUT2D eigenvalue weighted by molar-refractivity contribution is -0.124. The molecule has 1 aromatic rings. The Hall–Kier alpha value is -1.53. The van der Waals surface area contributed by atoms with Gasteiger partial charge in [-0.05, 0) is 31.4 Å². The topological polar surface area (TPSA) is 150 Å². The molecule has 1 aromatic carbocycles. The van der Waals surface area contributed by atoms with Crippen LogP contribution in [-0.2, 0) is 31.2 Å². The van der Waals surface area contributed by atoms with Crippen molar-refractivity contribution >= 4 is 25.9 Å². The van der Waals surface area contributed by atoms with E-state index in [2.05, 4.69) is 10.6 Å². The van der Waals surface area contributed by atoms with Gasteiger partial charge in [-0.15, -0.1) is 0 Å². The number of nitrogens with one attached hydrogen (secondary N) is 2. The van der Waals surface area contributed by atoms with Crippen LogP contribution in [0.15, 0.2) is 30.3 Å². The maximum atomic E-state index is 12.4. The number of rotatable bonds is 7. The summed E-state index contributed by atoms with van der Waals surface area (Å²) in [5.74, 6) is -0.644. The fourth-order valence-corrected chi connectivity index (χ4v) is 5.62. The van der Waals surface area contributed by atoms with Gasteiger partial charge in [-0.2, -0.15) is 8.42 Å². The van der Waals surface area contributed by atoms with E-state index in [0.29, 0.717) is 24.8 Å². The summed E-state index contributed by atoms with van der Waals surface area (Å²) in [6, 6.07) is 5.72. The molecule has 1 fully saturated rings. The first-order valence-corrected chi connectivity index (χ1v) is 11.3. The average Bonchev–Trinajstić information content (AvgIpc) is 3.06. The molecule has 11 heteroatoms. The molecule has 1 heterocycles. The van der Waals surface area contributed by atoms with Gasteiger partial charge in [0.1, 0.15) is 0 Å². The third-order valence-electron chi connectivity index (χ3n) is 4.32. The molecule has 0 saturated carbocycles. The molecule has 4 N–H and O–H groups in total. The van der Waals surface area contributed by atoms with E-state index in [1.807, 2.05) is 0 Å². The summed E-state index contributed by atoms with van der Waals surface area (Å²) in [7, 11) is -10.2. The van der Waals surface area contributed by atoms with Gasteiger partial charge in [-0.3, -0.25) is 9.35 Å². The SMILES string of the molecule is CS(=O)(=O)C(O)(C(Cc1ccccc1)NC(=O)[C@@H]1CCCN1)S(=O)(=O)O. The molecule has 1 amide bonds. The van der Waals surface area contributed by atoms with E-state index in [1.165, 1.54) is 0 Å². The Bertz CT molecular complexity index is 815. The quantitative estimate of drug-likeness (QED) is 0.423. The number of hydrogen-bond donors (Lipinski definition) is 4. The fourth-order valence-electron chi connectivity index (χ4n) is 2.93. The summed E-state index contributed by atoms with van der Waals surface area (Å²) in [4.78, 5) is 12.4. The van der Waals surface area contributed by atoms with Gasteiger partial charge in [0.2, 0.25) is 5.91 Å². The first-order valence-electron chi connectivity index (χ1n) is 7.93. The lowest BCUT2D eigenvalue weighted by Gasteiger charge is -2.33. The van der Waals surface area contributed by atoms with E-state index in [0.717, 1.165) is 6.42 Å². The molecular formula is C15H22N2O7S2. The van der Waals surface area contributed by atoms with Gasteiger partial charge in [0.05, 0.1) is 12.1 Å². The van der Waals surface area contributed by atoms with Crippen molar-refractivity contribution in [1.29, 1.82) is 0 Å². The van der Waals surface area contributed by atoms with E-state index < -0.39 is 42.2 Å². The van der Waals surface area contributed by atoms with Crippen LogP contribution in [0.5, 0.6) is 0 Å². The monoisotopic (exact) mass is 406 g/mol. The first-order chi connectivity index (χ1) is 12.0. The van der Waals surface area contributed by atoms with Gasteiger partial charge in [-0.25, -0.2) is 8.42 Å². The normalized spacial score (nSPS) is 21.7. The molecule has 0 aromatic heterocycles. The molecule has 1 saturated heterocycles. The highest BCUT2D eigenvalue weighted by atomic mass is 32.3. The van der Waals surface area contributed by atoms with Crippen molar-refractivity contribution in [3.05, 3.63) is 35.9 Å². The molecule has 2 rings (SSSR count). The number of carbonyl (C=O) groups is 1. The van der Waals surface area contributed by atoms with Crippen LogP contribution >= 0.6 is 0 Å². The van der Waals surface area contributed by atoms with Crippen LogP contribution in [0.2, 0.25) is 0 Å². The van der Waals surface area contributed by atoms with Gasteiger partial charge in [-0.1, -0.05) is 30.3 Å². The van der Waals surface area contributed by atoms with Crippen molar-refractivity contribution in [3.8, 4) is 0 Å². The molecule has 146 valence electrons. The molecule has 0 spiro atoms. The van der Waals surface area contributed by atoms with Gasteiger partial charge >= 0.3 is 14.4 Å². The first kappa shape index (κ1) is 20.8. The maximum absolute atomic E-state index is 12.4. The number of amides is 1. The van der Waals surface area contributed by atoms with E-state index in [-0.39, 0.29) is 6.42 Å². The van der Waals surface area contributed by atoms with E-state index >= 15 is 0 Å². The molecule has 0 aliphatic carbocycles. The van der Waals surface area contributed by atoms with Gasteiger partial charge in [0, 0.05) is 6.26 Å². The maximum Gasteiger partial charge on any atom is 0.313 e. The second-order valence-electron chi connectivity index (χ2n) is 6.28. The van der Waals surface area contributed by atoms with E-state index in [9.17, 15) is 31.3 Å². The highest BCUT2D eigenvalue weighted by Gasteiger charge is 2.58. The van der Waals surface area contributed by atoms with Crippen molar-refractivity contribution in [2.45, 2.75) is 35.6 Å². The largest absolute Gasteiger partial charge is 0.359 e. The summed E-state index contributed by atoms with van der Waals surface area (Å²) in [5, 5.41) is 15.7. The summed E-state index contributed by atoms with van der Waals surface area (Å²) in [6.07, 6.45) is 1.39. The Labute approximate surface area is 152 Å². The Morgan fingerprint density at radius 2 is 1.92 bits per heavy atom. The van der Waals surface area contributed by atoms with Crippen molar-refractivity contribution < 1.29 is 31.3 Å². The molecule has 2 unspecified atom stereocenters. The highest BCUT2D eigenvalue weighted by Crippen LogP contribution is 2.27. The zero-order valence-electron chi connectivity index (χ0n) is 14.1. The number of benzene rings is 1. The second kappa shape index (κ2) is 7.61. The van der Waals surface area contributed by atoms with E-state index in [1.54, 1.807) is 30.3 Å². The van der Waals surface area contributed by atoms with Gasteiger partial charge < -0.3 is 15.7 Å². The van der Waals surface area contributed by atoms with Crippen molar-refractivity contribution in [1.82, 2.24) is 10.6 Å². The molecule has 3 atom stereocenters. The zero-order chi connectivity index (χ0) is 19.6. The van der Waals surface area contributed by atoms with Crippen molar-refractivity contribution in [3.63, 3.8) is 0 Å². The Morgan fingerprint density at radius 1 is 1.31 bits per heavy atom. The lowest BCUT2D eigenvalue weighted by Crippen LogP contribution is -2.63. The van der Waals surface area contributed by atoms with Crippen molar-refractivity contribution in [2.75, 3.05) is 12.8 Å².